The fraction of sp³-hybridized carbons (Fsp3) is 0.923. The first kappa shape index (κ1) is 29.1. The summed E-state index contributed by atoms with van der Waals surface area (Å²) in [6, 6.07) is 0. The van der Waals surface area contributed by atoms with E-state index >= 15 is 0 Å². The Morgan fingerprint density at radius 3 is 1.38 bits per heavy atom. The highest BCUT2D eigenvalue weighted by Gasteiger charge is 2.09. The van der Waals surface area contributed by atoms with Crippen LogP contribution in [0.15, 0.2) is 12.2 Å². The molecular weight excluding hydrogens is 375 g/mol. The molecule has 0 bridgehead atoms. The summed E-state index contributed by atoms with van der Waals surface area (Å²) in [7, 11) is -0.636. The van der Waals surface area contributed by atoms with Crippen molar-refractivity contribution in [3.63, 3.8) is 0 Å². The van der Waals surface area contributed by atoms with Gasteiger partial charge in [-0.1, -0.05) is 104 Å². The van der Waals surface area contributed by atoms with Gasteiger partial charge in [-0.3, -0.25) is 0 Å². The summed E-state index contributed by atoms with van der Waals surface area (Å²) >= 11 is 0. The predicted molar refractivity (Wildman–Crippen MR) is 133 cm³/mol. The molecule has 2 nitrogen and oxygen atoms in total. The van der Waals surface area contributed by atoms with E-state index in [1.54, 1.807) is 0 Å². The zero-order valence-electron chi connectivity index (χ0n) is 20.3. The minimum atomic E-state index is -0.636. The van der Waals surface area contributed by atoms with E-state index < -0.39 is 8.38 Å². The van der Waals surface area contributed by atoms with E-state index in [1.807, 2.05) is 0 Å². The Hall–Kier alpha value is 0.0900. The summed E-state index contributed by atoms with van der Waals surface area (Å²) in [6.07, 6.45) is 29.8. The molecular formula is C26H53O2P. The summed E-state index contributed by atoms with van der Waals surface area (Å²) in [5.41, 5.74) is 0. The molecule has 0 atom stereocenters. The molecule has 0 amide bonds. The molecule has 0 aromatic rings. The van der Waals surface area contributed by atoms with Gasteiger partial charge in [0.25, 0.3) is 0 Å². The molecule has 0 radical (unpaired) electrons. The summed E-state index contributed by atoms with van der Waals surface area (Å²) in [5, 5.41) is 0. The first-order valence-corrected chi connectivity index (χ1v) is 14.4. The fourth-order valence-corrected chi connectivity index (χ4v) is 4.76. The minimum Gasteiger partial charge on any atom is -0.334 e. The van der Waals surface area contributed by atoms with Crippen molar-refractivity contribution in [2.75, 3.05) is 19.4 Å². The van der Waals surface area contributed by atoms with E-state index in [-0.39, 0.29) is 0 Å². The number of hydrogen-bond acceptors (Lipinski definition) is 2. The van der Waals surface area contributed by atoms with Crippen LogP contribution in [0.4, 0.5) is 0 Å². The first-order chi connectivity index (χ1) is 14.3. The fourth-order valence-electron chi connectivity index (χ4n) is 3.28. The molecule has 3 heteroatoms. The first-order valence-electron chi connectivity index (χ1n) is 13.0. The van der Waals surface area contributed by atoms with Gasteiger partial charge in [0.2, 0.25) is 0 Å². The van der Waals surface area contributed by atoms with Crippen LogP contribution in [0.2, 0.25) is 0 Å². The third kappa shape index (κ3) is 24.2. The van der Waals surface area contributed by atoms with E-state index in [0.29, 0.717) is 0 Å². The number of rotatable bonds is 24. The lowest BCUT2D eigenvalue weighted by molar-refractivity contribution is 0.242. The van der Waals surface area contributed by atoms with Crippen molar-refractivity contribution in [3.8, 4) is 0 Å². The molecule has 0 unspecified atom stereocenters. The van der Waals surface area contributed by atoms with Gasteiger partial charge in [-0.25, -0.2) is 0 Å². The number of hydrogen-bond donors (Lipinski definition) is 0. The molecule has 0 rings (SSSR count). The van der Waals surface area contributed by atoms with Gasteiger partial charge in [0.1, 0.15) is 0 Å². The van der Waals surface area contributed by atoms with E-state index in [0.717, 1.165) is 32.2 Å². The van der Waals surface area contributed by atoms with Crippen molar-refractivity contribution in [1.82, 2.24) is 0 Å². The van der Waals surface area contributed by atoms with Crippen molar-refractivity contribution >= 4 is 8.38 Å². The monoisotopic (exact) mass is 428 g/mol. The smallest absolute Gasteiger partial charge is 0.170 e. The lowest BCUT2D eigenvalue weighted by atomic mass is 10.1. The number of allylic oxidation sites excluding steroid dienone is 2. The Morgan fingerprint density at radius 2 is 0.897 bits per heavy atom. The van der Waals surface area contributed by atoms with Crippen LogP contribution in [0, 0.1) is 0 Å². The highest BCUT2D eigenvalue weighted by atomic mass is 31.2. The van der Waals surface area contributed by atoms with Crippen LogP contribution in [0.3, 0.4) is 0 Å². The van der Waals surface area contributed by atoms with Crippen LogP contribution >= 0.6 is 8.38 Å². The van der Waals surface area contributed by atoms with Gasteiger partial charge in [-0.15, -0.1) is 0 Å². The molecule has 0 aliphatic heterocycles. The van der Waals surface area contributed by atoms with Crippen LogP contribution in [0.1, 0.15) is 136 Å². The van der Waals surface area contributed by atoms with Crippen molar-refractivity contribution in [1.29, 1.82) is 0 Å². The Balaban J connectivity index is 3.44. The molecule has 0 aromatic carbocycles. The van der Waals surface area contributed by atoms with Crippen molar-refractivity contribution in [2.45, 2.75) is 136 Å². The van der Waals surface area contributed by atoms with Gasteiger partial charge in [-0.05, 0) is 44.9 Å². The Kier molecular flexibility index (Phi) is 26.2. The van der Waals surface area contributed by atoms with Crippen molar-refractivity contribution < 1.29 is 9.05 Å². The maximum atomic E-state index is 5.99. The minimum absolute atomic E-state index is 0.636. The lowest BCUT2D eigenvalue weighted by Gasteiger charge is -2.17. The second-order valence-electron chi connectivity index (χ2n) is 8.37. The van der Waals surface area contributed by atoms with Crippen LogP contribution in [0.25, 0.3) is 0 Å². The molecule has 0 heterocycles. The van der Waals surface area contributed by atoms with Crippen LogP contribution < -0.4 is 0 Å². The molecule has 0 fully saturated rings. The standard InChI is InChI=1S/C26H53O2P/c1-4-7-10-11-12-13-14-15-16-17-18-19-20-21-22-23-26-29(27-24-8-5-2)28-25-9-6-3/h15-16H,4-14,17-26H2,1-3H3/b16-15-. The Bertz CT molecular complexity index is 310. The molecule has 0 N–H and O–H groups in total. The van der Waals surface area contributed by atoms with Crippen molar-refractivity contribution in [2.24, 2.45) is 0 Å². The van der Waals surface area contributed by atoms with E-state index in [4.69, 9.17) is 9.05 Å². The third-order valence-electron chi connectivity index (χ3n) is 5.32. The quantitative estimate of drug-likeness (QED) is 0.0864. The zero-order chi connectivity index (χ0) is 21.3. The highest BCUT2D eigenvalue weighted by Crippen LogP contribution is 2.39. The molecule has 0 saturated carbocycles. The largest absolute Gasteiger partial charge is 0.334 e. The molecule has 0 aliphatic carbocycles. The second-order valence-corrected chi connectivity index (χ2v) is 10.00. The third-order valence-corrected chi connectivity index (χ3v) is 6.94. The average molecular weight is 429 g/mol. The SMILES string of the molecule is CCCCCCCC/C=C\CCCCCCCCP(OCCCC)OCCCC. The van der Waals surface area contributed by atoms with E-state index in [2.05, 4.69) is 32.9 Å². The molecule has 0 spiro atoms. The second kappa shape index (κ2) is 26.1. The maximum absolute atomic E-state index is 5.99. The summed E-state index contributed by atoms with van der Waals surface area (Å²) < 4.78 is 12.0. The van der Waals surface area contributed by atoms with Gasteiger partial charge in [0.05, 0.1) is 13.2 Å². The topological polar surface area (TPSA) is 18.5 Å². The van der Waals surface area contributed by atoms with Crippen LogP contribution in [-0.4, -0.2) is 19.4 Å². The average Bonchev–Trinajstić information content (AvgIpc) is 2.73. The molecule has 0 saturated heterocycles. The van der Waals surface area contributed by atoms with E-state index in [1.165, 1.54) is 103 Å². The van der Waals surface area contributed by atoms with Crippen LogP contribution in [-0.2, 0) is 9.05 Å². The van der Waals surface area contributed by atoms with Crippen molar-refractivity contribution in [3.05, 3.63) is 12.2 Å². The highest BCUT2D eigenvalue weighted by molar-refractivity contribution is 7.47. The van der Waals surface area contributed by atoms with E-state index in [9.17, 15) is 0 Å². The normalized spacial score (nSPS) is 11.9. The number of unbranched alkanes of at least 4 members (excludes halogenated alkanes) is 14. The summed E-state index contributed by atoms with van der Waals surface area (Å²) in [4.78, 5) is 0. The molecule has 174 valence electrons. The molecule has 0 aromatic heterocycles. The van der Waals surface area contributed by atoms with Gasteiger partial charge in [0, 0.05) is 6.16 Å². The van der Waals surface area contributed by atoms with Gasteiger partial charge in [0.15, 0.2) is 8.38 Å². The van der Waals surface area contributed by atoms with Crippen LogP contribution in [0.5, 0.6) is 0 Å². The maximum Gasteiger partial charge on any atom is 0.170 e. The van der Waals surface area contributed by atoms with Gasteiger partial charge < -0.3 is 9.05 Å². The summed E-state index contributed by atoms with van der Waals surface area (Å²) in [5.74, 6) is 0. The van der Waals surface area contributed by atoms with Gasteiger partial charge >= 0.3 is 0 Å². The lowest BCUT2D eigenvalue weighted by Crippen LogP contribution is -1.99. The Labute approximate surface area is 185 Å². The predicted octanol–water partition coefficient (Wildman–Crippen LogP) is 9.97. The molecule has 29 heavy (non-hydrogen) atoms. The Morgan fingerprint density at radius 1 is 0.483 bits per heavy atom. The van der Waals surface area contributed by atoms with Gasteiger partial charge in [-0.2, -0.15) is 0 Å². The summed E-state index contributed by atoms with van der Waals surface area (Å²) in [6.45, 7) is 8.47. The molecule has 0 aliphatic rings. The zero-order valence-corrected chi connectivity index (χ0v) is 21.2.